The number of hydrogen-bond acceptors (Lipinski definition) is 0. The van der Waals surface area contributed by atoms with E-state index in [1.54, 1.807) is 0 Å². The standard InChI is InChI=1S/8H2O.3U/h8*1H2;;;. The summed E-state index contributed by atoms with van der Waals surface area (Å²) < 4.78 is 0. The first-order chi connectivity index (χ1) is 0. The summed E-state index contributed by atoms with van der Waals surface area (Å²) in [4.78, 5) is 0. The van der Waals surface area contributed by atoms with E-state index >= 15 is 0 Å². The third-order valence-corrected chi connectivity index (χ3v) is 0. The quantitative estimate of drug-likeness (QED) is 0.221. The predicted octanol–water partition coefficient (Wildman–Crippen LogP) is -6.60. The minimum atomic E-state index is 0. The fourth-order valence-electron chi connectivity index (χ4n) is 0. The van der Waals surface area contributed by atoms with Gasteiger partial charge in [-0.05, 0) is 0 Å². The molecule has 0 aromatic heterocycles. The number of rotatable bonds is 0. The van der Waals surface area contributed by atoms with E-state index in [0.717, 1.165) is 0 Å². The van der Waals surface area contributed by atoms with Crippen molar-refractivity contribution < 1.29 is 137 Å². The van der Waals surface area contributed by atoms with Crippen LogP contribution in [0.3, 0.4) is 0 Å². The number of hydrogen-bond donors (Lipinski definition) is 0. The van der Waals surface area contributed by atoms with Crippen LogP contribution in [0.1, 0.15) is 0 Å². The zero-order valence-corrected chi connectivity index (χ0v) is 18.0. The Kier molecular flexibility index (Phi) is 5760. The molecule has 0 saturated heterocycles. The van der Waals surface area contributed by atoms with Crippen molar-refractivity contribution in [3.63, 3.8) is 0 Å². The van der Waals surface area contributed by atoms with Gasteiger partial charge in [-0.3, -0.25) is 0 Å². The van der Waals surface area contributed by atoms with Gasteiger partial charge in [-0.15, -0.1) is 0 Å². The molecule has 0 aromatic rings. The van der Waals surface area contributed by atoms with Gasteiger partial charge in [-0.1, -0.05) is 0 Å². The summed E-state index contributed by atoms with van der Waals surface area (Å²) in [5.41, 5.74) is 0. The fourth-order valence-corrected chi connectivity index (χ4v) is 0. The largest absolute Gasteiger partial charge is 0.412 e. The maximum absolute atomic E-state index is 0. The van der Waals surface area contributed by atoms with Crippen molar-refractivity contribution in [1.82, 2.24) is 0 Å². The summed E-state index contributed by atoms with van der Waals surface area (Å²) in [6.07, 6.45) is 0. The molecule has 0 aliphatic rings. The third-order valence-electron chi connectivity index (χ3n) is 0. The van der Waals surface area contributed by atoms with Crippen molar-refractivity contribution >= 4 is 0 Å². The molecule has 0 aliphatic heterocycles. The van der Waals surface area contributed by atoms with Crippen molar-refractivity contribution in [1.29, 1.82) is 0 Å². The van der Waals surface area contributed by atoms with Gasteiger partial charge in [0, 0.05) is 93.3 Å². The predicted molar refractivity (Wildman–Crippen MR) is 28.9 cm³/mol. The second kappa shape index (κ2) is 224. The van der Waals surface area contributed by atoms with Crippen LogP contribution in [-0.2, 0) is 0 Å². The molecule has 0 unspecified atom stereocenters. The van der Waals surface area contributed by atoms with Crippen LogP contribution in [0.5, 0.6) is 0 Å². The minimum Gasteiger partial charge on any atom is -0.412 e. The summed E-state index contributed by atoms with van der Waals surface area (Å²) >= 11 is 0. The van der Waals surface area contributed by atoms with Gasteiger partial charge in [0.1, 0.15) is 0 Å². The molecular weight excluding hydrogens is 842 g/mol. The van der Waals surface area contributed by atoms with Crippen LogP contribution in [0.4, 0.5) is 0 Å². The van der Waals surface area contributed by atoms with E-state index in [0.29, 0.717) is 0 Å². The van der Waals surface area contributed by atoms with Crippen molar-refractivity contribution in [2.24, 2.45) is 0 Å². The van der Waals surface area contributed by atoms with E-state index in [9.17, 15) is 0 Å². The summed E-state index contributed by atoms with van der Waals surface area (Å²) in [5.74, 6) is 0. The van der Waals surface area contributed by atoms with Crippen LogP contribution in [0.25, 0.3) is 0 Å². The first-order valence-corrected chi connectivity index (χ1v) is 0. The Bertz CT molecular complexity index is 9.30. The summed E-state index contributed by atoms with van der Waals surface area (Å²) in [6, 6.07) is 0. The second-order valence-corrected chi connectivity index (χ2v) is 0. The Morgan fingerprint density at radius 2 is 0.182 bits per heavy atom. The van der Waals surface area contributed by atoms with E-state index in [-0.39, 0.29) is 137 Å². The molecule has 0 spiro atoms. The van der Waals surface area contributed by atoms with E-state index < -0.39 is 0 Å². The molecule has 0 fully saturated rings. The van der Waals surface area contributed by atoms with Gasteiger partial charge in [0.05, 0.1) is 0 Å². The molecule has 0 amide bonds. The maximum atomic E-state index is 0. The van der Waals surface area contributed by atoms with Crippen LogP contribution >= 0.6 is 0 Å². The summed E-state index contributed by atoms with van der Waals surface area (Å²) in [6.45, 7) is 0. The first kappa shape index (κ1) is 283. The van der Waals surface area contributed by atoms with Gasteiger partial charge in [0.25, 0.3) is 0 Å². The Balaban J connectivity index is 0. The topological polar surface area (TPSA) is 252 Å². The molecular formula is H16O8U3. The average molecular weight is 858 g/mol. The van der Waals surface area contributed by atoms with Crippen LogP contribution < -0.4 is 0 Å². The molecule has 0 rings (SSSR count). The Hall–Kier alpha value is 2.84. The van der Waals surface area contributed by atoms with Crippen LogP contribution in [-0.4, -0.2) is 43.8 Å². The maximum Gasteiger partial charge on any atom is 0 e. The van der Waals surface area contributed by atoms with Crippen LogP contribution in [0, 0.1) is 93.3 Å². The molecule has 0 heterocycles. The third kappa shape index (κ3) is 187. The second-order valence-electron chi connectivity index (χ2n) is 0. The monoisotopic (exact) mass is 858 g/mol. The molecule has 11 heteroatoms. The van der Waals surface area contributed by atoms with Crippen LogP contribution in [0.15, 0.2) is 0 Å². The van der Waals surface area contributed by atoms with Crippen molar-refractivity contribution in [3.8, 4) is 0 Å². The molecule has 0 bridgehead atoms. The first-order valence-electron chi connectivity index (χ1n) is 0. The molecule has 0 atom stereocenters. The van der Waals surface area contributed by atoms with Gasteiger partial charge in [0.2, 0.25) is 0 Å². The SMILES string of the molecule is O.O.O.O.O.O.O.O.[U].[U].[U]. The zero-order valence-electron chi connectivity index (χ0n) is 5.50. The Morgan fingerprint density at radius 1 is 0.182 bits per heavy atom. The molecule has 0 radical (unpaired) electrons. The Morgan fingerprint density at radius 3 is 0.182 bits per heavy atom. The molecule has 0 aromatic carbocycles. The van der Waals surface area contributed by atoms with Gasteiger partial charge in [-0.25, -0.2) is 0 Å². The average Bonchev–Trinajstić information content (AvgIpc) is 0. The molecule has 0 aliphatic carbocycles. The van der Waals surface area contributed by atoms with Crippen molar-refractivity contribution in [2.45, 2.75) is 0 Å². The van der Waals surface area contributed by atoms with E-state index in [2.05, 4.69) is 0 Å². The van der Waals surface area contributed by atoms with Crippen LogP contribution in [0.2, 0.25) is 0 Å². The normalized spacial score (nSPS) is 0. The molecule has 11 heavy (non-hydrogen) atoms. The van der Waals surface area contributed by atoms with Gasteiger partial charge < -0.3 is 43.8 Å². The minimum absolute atomic E-state index is 0. The summed E-state index contributed by atoms with van der Waals surface area (Å²) in [7, 11) is 0. The van der Waals surface area contributed by atoms with Gasteiger partial charge in [0.15, 0.2) is 0 Å². The van der Waals surface area contributed by atoms with Gasteiger partial charge >= 0.3 is 0 Å². The van der Waals surface area contributed by atoms with Gasteiger partial charge in [-0.2, -0.15) is 0 Å². The zero-order chi connectivity index (χ0) is 0. The summed E-state index contributed by atoms with van der Waals surface area (Å²) in [5, 5.41) is 0. The molecule has 0 saturated carbocycles. The molecule has 76 valence electrons. The Labute approximate surface area is 135 Å². The van der Waals surface area contributed by atoms with Crippen molar-refractivity contribution in [3.05, 3.63) is 0 Å². The van der Waals surface area contributed by atoms with E-state index in [1.165, 1.54) is 0 Å². The van der Waals surface area contributed by atoms with Crippen molar-refractivity contribution in [2.75, 3.05) is 0 Å². The fraction of sp³-hybridized carbons (Fsp3) is 0. The smallest absolute Gasteiger partial charge is 0 e. The van der Waals surface area contributed by atoms with E-state index in [1.807, 2.05) is 0 Å². The molecule has 16 N–H and O–H groups in total. The van der Waals surface area contributed by atoms with E-state index in [4.69, 9.17) is 0 Å². The molecule has 8 nitrogen and oxygen atoms in total.